The molecule has 0 aromatic carbocycles. The van der Waals surface area contributed by atoms with Crippen LogP contribution in [0.15, 0.2) is 44.6 Å². The van der Waals surface area contributed by atoms with E-state index in [0.29, 0.717) is 18.7 Å². The van der Waals surface area contributed by atoms with Crippen molar-refractivity contribution in [1.29, 1.82) is 0 Å². The standard InChI is InChI=1S/C12H14BrN3O3S/c13-12-11(7-10(8-14)19-12)20(17,18)16-6-3-9-1-4-15-5-2-9/h1-2,4-5,7,16H,3,6,8,14H2. The lowest BCUT2D eigenvalue weighted by Crippen LogP contribution is -2.25. The Kier molecular flexibility index (Phi) is 4.92. The van der Waals surface area contributed by atoms with E-state index < -0.39 is 10.0 Å². The minimum Gasteiger partial charge on any atom is -0.452 e. The number of pyridine rings is 1. The summed E-state index contributed by atoms with van der Waals surface area (Å²) in [5.74, 6) is 0.409. The molecule has 0 saturated heterocycles. The van der Waals surface area contributed by atoms with Gasteiger partial charge in [0.15, 0.2) is 4.67 Å². The van der Waals surface area contributed by atoms with Crippen LogP contribution >= 0.6 is 15.9 Å². The fraction of sp³-hybridized carbons (Fsp3) is 0.250. The molecule has 0 bridgehead atoms. The first-order valence-electron chi connectivity index (χ1n) is 5.90. The molecule has 0 saturated carbocycles. The molecular formula is C12H14BrN3O3S. The smallest absolute Gasteiger partial charge is 0.244 e. The summed E-state index contributed by atoms with van der Waals surface area (Å²) in [5.41, 5.74) is 6.43. The monoisotopic (exact) mass is 359 g/mol. The van der Waals surface area contributed by atoms with Crippen molar-refractivity contribution in [3.05, 3.63) is 46.6 Å². The maximum absolute atomic E-state index is 12.1. The molecule has 0 aliphatic heterocycles. The normalized spacial score (nSPS) is 11.7. The van der Waals surface area contributed by atoms with Crippen LogP contribution in [0, 0.1) is 0 Å². The van der Waals surface area contributed by atoms with Crippen molar-refractivity contribution in [2.75, 3.05) is 6.54 Å². The minimum absolute atomic E-state index is 0.0627. The zero-order valence-corrected chi connectivity index (χ0v) is 12.9. The fourth-order valence-corrected chi connectivity index (χ4v) is 3.67. The largest absolute Gasteiger partial charge is 0.452 e. The third-order valence-electron chi connectivity index (χ3n) is 2.65. The van der Waals surface area contributed by atoms with E-state index in [0.717, 1.165) is 5.56 Å². The van der Waals surface area contributed by atoms with Crippen LogP contribution in [0.5, 0.6) is 0 Å². The van der Waals surface area contributed by atoms with Gasteiger partial charge >= 0.3 is 0 Å². The summed E-state index contributed by atoms with van der Waals surface area (Å²) in [5, 5.41) is 0. The van der Waals surface area contributed by atoms with E-state index in [4.69, 9.17) is 10.2 Å². The third-order valence-corrected chi connectivity index (χ3v) is 4.97. The van der Waals surface area contributed by atoms with Crippen molar-refractivity contribution in [2.24, 2.45) is 5.73 Å². The molecule has 0 spiro atoms. The molecule has 0 radical (unpaired) electrons. The molecule has 0 aliphatic carbocycles. The molecule has 0 aliphatic rings. The van der Waals surface area contributed by atoms with Gasteiger partial charge in [-0.15, -0.1) is 0 Å². The molecule has 0 fully saturated rings. The van der Waals surface area contributed by atoms with Crippen LogP contribution in [-0.2, 0) is 23.0 Å². The van der Waals surface area contributed by atoms with Crippen molar-refractivity contribution in [3.63, 3.8) is 0 Å². The van der Waals surface area contributed by atoms with Crippen LogP contribution in [0.2, 0.25) is 0 Å². The number of sulfonamides is 1. The predicted molar refractivity (Wildman–Crippen MR) is 77.4 cm³/mol. The van der Waals surface area contributed by atoms with Crippen molar-refractivity contribution >= 4 is 26.0 Å². The van der Waals surface area contributed by atoms with Gasteiger partial charge in [-0.1, -0.05) is 0 Å². The Bertz CT molecular complexity index is 671. The molecule has 2 rings (SSSR count). The van der Waals surface area contributed by atoms with Crippen LogP contribution in [0.25, 0.3) is 0 Å². The molecule has 2 aromatic rings. The molecule has 0 atom stereocenters. The van der Waals surface area contributed by atoms with Crippen LogP contribution in [0.1, 0.15) is 11.3 Å². The lowest BCUT2D eigenvalue weighted by Gasteiger charge is -2.05. The molecule has 2 heterocycles. The van der Waals surface area contributed by atoms with Crippen LogP contribution < -0.4 is 10.5 Å². The Labute approximate surface area is 125 Å². The first kappa shape index (κ1) is 15.2. The van der Waals surface area contributed by atoms with Crippen LogP contribution in [0.4, 0.5) is 0 Å². The molecule has 0 amide bonds. The number of nitrogens with one attached hydrogen (secondary N) is 1. The van der Waals surface area contributed by atoms with Crippen LogP contribution in [0.3, 0.4) is 0 Å². The molecule has 20 heavy (non-hydrogen) atoms. The number of hydrogen-bond donors (Lipinski definition) is 2. The Hall–Kier alpha value is -1.22. The van der Waals surface area contributed by atoms with E-state index in [-0.39, 0.29) is 16.1 Å². The second kappa shape index (κ2) is 6.49. The lowest BCUT2D eigenvalue weighted by atomic mass is 10.2. The maximum atomic E-state index is 12.1. The van der Waals surface area contributed by atoms with Gasteiger partial charge in [-0.05, 0) is 40.0 Å². The second-order valence-electron chi connectivity index (χ2n) is 4.06. The number of nitrogens with two attached hydrogens (primary N) is 1. The predicted octanol–water partition coefficient (Wildman–Crippen LogP) is 1.42. The summed E-state index contributed by atoms with van der Waals surface area (Å²) in [6, 6.07) is 5.10. The fourth-order valence-electron chi connectivity index (χ4n) is 1.64. The average Bonchev–Trinajstić information content (AvgIpc) is 2.82. The molecule has 2 aromatic heterocycles. The molecule has 108 valence electrons. The summed E-state index contributed by atoms with van der Waals surface area (Å²) < 4.78 is 32.1. The Morgan fingerprint density at radius 2 is 2.05 bits per heavy atom. The van der Waals surface area contributed by atoms with Crippen molar-refractivity contribution in [3.8, 4) is 0 Å². The number of halogens is 1. The third kappa shape index (κ3) is 3.66. The second-order valence-corrected chi connectivity index (χ2v) is 6.51. The van der Waals surface area contributed by atoms with Gasteiger partial charge in [-0.2, -0.15) is 0 Å². The zero-order chi connectivity index (χ0) is 14.6. The Morgan fingerprint density at radius 3 is 2.65 bits per heavy atom. The molecule has 6 nitrogen and oxygen atoms in total. The Balaban J connectivity index is 2.02. The minimum atomic E-state index is -3.61. The van der Waals surface area contributed by atoms with E-state index in [1.807, 2.05) is 12.1 Å². The summed E-state index contributed by atoms with van der Waals surface area (Å²) in [4.78, 5) is 3.97. The van der Waals surface area contributed by atoms with Gasteiger partial charge < -0.3 is 10.2 Å². The summed E-state index contributed by atoms with van der Waals surface area (Å²) in [6.07, 6.45) is 3.93. The van der Waals surface area contributed by atoms with Gasteiger partial charge in [0.25, 0.3) is 0 Å². The lowest BCUT2D eigenvalue weighted by molar-refractivity contribution is 0.483. The van der Waals surface area contributed by atoms with E-state index in [2.05, 4.69) is 25.6 Å². The SMILES string of the molecule is NCc1cc(S(=O)(=O)NCCc2ccncc2)c(Br)o1. The zero-order valence-electron chi connectivity index (χ0n) is 10.5. The maximum Gasteiger partial charge on any atom is 0.244 e. The van der Waals surface area contributed by atoms with E-state index >= 15 is 0 Å². The molecule has 8 heteroatoms. The van der Waals surface area contributed by atoms with Gasteiger partial charge in [0.1, 0.15) is 10.7 Å². The number of aromatic nitrogens is 1. The van der Waals surface area contributed by atoms with Gasteiger partial charge in [0.2, 0.25) is 10.0 Å². The highest BCUT2D eigenvalue weighted by molar-refractivity contribution is 9.10. The van der Waals surface area contributed by atoms with Crippen molar-refractivity contribution in [2.45, 2.75) is 17.9 Å². The average molecular weight is 360 g/mol. The highest BCUT2D eigenvalue weighted by atomic mass is 79.9. The van der Waals surface area contributed by atoms with Gasteiger partial charge in [-0.25, -0.2) is 13.1 Å². The summed E-state index contributed by atoms with van der Waals surface area (Å²) >= 11 is 3.08. The Morgan fingerprint density at radius 1 is 1.35 bits per heavy atom. The first-order valence-corrected chi connectivity index (χ1v) is 8.17. The van der Waals surface area contributed by atoms with Crippen molar-refractivity contribution in [1.82, 2.24) is 9.71 Å². The van der Waals surface area contributed by atoms with E-state index in [1.165, 1.54) is 6.07 Å². The van der Waals surface area contributed by atoms with Gasteiger partial charge in [0.05, 0.1) is 6.54 Å². The van der Waals surface area contributed by atoms with Gasteiger partial charge in [-0.3, -0.25) is 4.98 Å². The van der Waals surface area contributed by atoms with Crippen molar-refractivity contribution < 1.29 is 12.8 Å². The highest BCUT2D eigenvalue weighted by Gasteiger charge is 2.21. The highest BCUT2D eigenvalue weighted by Crippen LogP contribution is 2.25. The van der Waals surface area contributed by atoms with Gasteiger partial charge in [0, 0.05) is 25.0 Å². The molecule has 3 N–H and O–H groups in total. The first-order chi connectivity index (χ1) is 9.53. The summed E-state index contributed by atoms with van der Waals surface area (Å²) in [7, 11) is -3.61. The van der Waals surface area contributed by atoms with Crippen LogP contribution in [-0.4, -0.2) is 19.9 Å². The van der Waals surface area contributed by atoms with E-state index in [1.54, 1.807) is 12.4 Å². The summed E-state index contributed by atoms with van der Waals surface area (Å²) in [6.45, 7) is 0.438. The molecule has 0 unspecified atom stereocenters. The quantitative estimate of drug-likeness (QED) is 0.812. The van der Waals surface area contributed by atoms with E-state index in [9.17, 15) is 8.42 Å². The topological polar surface area (TPSA) is 98.2 Å². The number of furan rings is 1. The number of rotatable bonds is 6. The number of hydrogen-bond acceptors (Lipinski definition) is 5. The number of nitrogens with zero attached hydrogens (tertiary/aromatic N) is 1. The molecular weight excluding hydrogens is 346 g/mol.